The van der Waals surface area contributed by atoms with Gasteiger partial charge in [-0.3, -0.25) is 0 Å². The molecule has 4 nitrogen and oxygen atoms in total. The lowest BCUT2D eigenvalue weighted by atomic mass is 10.2. The molecule has 4 heteroatoms. The zero-order valence-electron chi connectivity index (χ0n) is 8.73. The van der Waals surface area contributed by atoms with Gasteiger partial charge in [0.15, 0.2) is 0 Å². The van der Waals surface area contributed by atoms with E-state index in [2.05, 4.69) is 34.5 Å². The van der Waals surface area contributed by atoms with Crippen LogP contribution in [0.1, 0.15) is 25.8 Å². The Balaban J connectivity index is 0.000000293. The van der Waals surface area contributed by atoms with Gasteiger partial charge in [0.1, 0.15) is 11.0 Å². The van der Waals surface area contributed by atoms with Gasteiger partial charge in [0.2, 0.25) is 0 Å². The summed E-state index contributed by atoms with van der Waals surface area (Å²) >= 11 is 0. The molecule has 2 rings (SSSR count). The van der Waals surface area contributed by atoms with E-state index in [9.17, 15) is 0 Å². The maximum atomic E-state index is 3.82. The van der Waals surface area contributed by atoms with Crippen LogP contribution in [0.15, 0.2) is 18.2 Å². The Hall–Kier alpha value is -1.58. The van der Waals surface area contributed by atoms with Crippen LogP contribution >= 0.6 is 0 Å². The fraction of sp³-hybridized carbons (Fsp3) is 0.400. The monoisotopic (exact) mass is 190 g/mol. The van der Waals surface area contributed by atoms with Gasteiger partial charge in [-0.15, -0.1) is 10.2 Å². The summed E-state index contributed by atoms with van der Waals surface area (Å²) in [5.41, 5.74) is 2.73. The number of hydrogen-bond acceptors (Lipinski definition) is 4. The lowest BCUT2D eigenvalue weighted by Gasteiger charge is -1.92. The lowest BCUT2D eigenvalue weighted by molar-refractivity contribution is 0.797. The summed E-state index contributed by atoms with van der Waals surface area (Å²) in [6.45, 7) is 6.25. The summed E-state index contributed by atoms with van der Waals surface area (Å²) in [5, 5.41) is 14.5. The number of nitrogens with zero attached hydrogens (tertiary/aromatic N) is 4. The van der Waals surface area contributed by atoms with Gasteiger partial charge in [0.05, 0.1) is 0 Å². The van der Waals surface area contributed by atoms with Crippen LogP contribution in [-0.2, 0) is 0 Å². The van der Waals surface area contributed by atoms with Crippen molar-refractivity contribution in [1.29, 1.82) is 0 Å². The van der Waals surface area contributed by atoms with E-state index < -0.39 is 0 Å². The summed E-state index contributed by atoms with van der Waals surface area (Å²) in [7, 11) is 0. The Kier molecular flexibility index (Phi) is 3.91. The minimum atomic E-state index is 0.783. The molecule has 0 unspecified atom stereocenters. The van der Waals surface area contributed by atoms with Crippen molar-refractivity contribution < 1.29 is 0 Å². The first-order valence-electron chi connectivity index (χ1n) is 4.70. The highest BCUT2D eigenvalue weighted by Crippen LogP contribution is 2.07. The number of fused-ring (bicyclic) bond motifs is 1. The molecule has 0 radical (unpaired) electrons. The molecule has 1 aromatic heterocycles. The van der Waals surface area contributed by atoms with Crippen LogP contribution in [0.2, 0.25) is 0 Å². The molecule has 14 heavy (non-hydrogen) atoms. The molecule has 0 aliphatic heterocycles. The average Bonchev–Trinajstić information content (AvgIpc) is 2.19. The van der Waals surface area contributed by atoms with Gasteiger partial charge in [-0.05, 0) is 35.0 Å². The summed E-state index contributed by atoms with van der Waals surface area (Å²) in [5.74, 6) is 0. The molecule has 0 atom stereocenters. The highest BCUT2D eigenvalue weighted by Gasteiger charge is 1.94. The maximum absolute atomic E-state index is 3.82. The SMILES string of the molecule is CCC.Cc1ccc2nnnnc2c1. The molecular formula is C10H14N4. The van der Waals surface area contributed by atoms with E-state index in [-0.39, 0.29) is 0 Å². The van der Waals surface area contributed by atoms with Crippen LogP contribution in [0.3, 0.4) is 0 Å². The molecule has 74 valence electrons. The standard InChI is InChI=1S/C7H6N4.C3H8/c1-5-2-3-6-7(4-5)9-11-10-8-6;1-3-2/h2-4H,1H3;3H2,1-2H3. The third-order valence-electron chi connectivity index (χ3n) is 1.48. The summed E-state index contributed by atoms with van der Waals surface area (Å²) in [6, 6.07) is 5.78. The van der Waals surface area contributed by atoms with Gasteiger partial charge >= 0.3 is 0 Å². The second kappa shape index (κ2) is 5.21. The van der Waals surface area contributed by atoms with E-state index >= 15 is 0 Å². The van der Waals surface area contributed by atoms with E-state index in [1.54, 1.807) is 0 Å². The summed E-state index contributed by atoms with van der Waals surface area (Å²) < 4.78 is 0. The topological polar surface area (TPSA) is 51.6 Å². The Bertz CT molecular complexity index is 400. The van der Waals surface area contributed by atoms with Crippen molar-refractivity contribution >= 4 is 11.0 Å². The fourth-order valence-corrected chi connectivity index (χ4v) is 0.934. The number of aryl methyl sites for hydroxylation is 1. The van der Waals surface area contributed by atoms with Crippen LogP contribution in [0.5, 0.6) is 0 Å². The highest BCUT2D eigenvalue weighted by molar-refractivity contribution is 5.73. The van der Waals surface area contributed by atoms with Crippen LogP contribution in [-0.4, -0.2) is 20.6 Å². The van der Waals surface area contributed by atoms with Crippen LogP contribution in [0.4, 0.5) is 0 Å². The number of hydrogen-bond donors (Lipinski definition) is 0. The first-order chi connectivity index (χ1) is 6.77. The van der Waals surface area contributed by atoms with E-state index in [1.165, 1.54) is 6.42 Å². The minimum absolute atomic E-state index is 0.783. The Morgan fingerprint density at radius 3 is 2.21 bits per heavy atom. The first-order valence-corrected chi connectivity index (χ1v) is 4.70. The predicted octanol–water partition coefficient (Wildman–Crippen LogP) is 2.14. The second-order valence-corrected chi connectivity index (χ2v) is 3.08. The van der Waals surface area contributed by atoms with Gasteiger partial charge in [0, 0.05) is 0 Å². The fourth-order valence-electron chi connectivity index (χ4n) is 0.934. The van der Waals surface area contributed by atoms with Gasteiger partial charge in [-0.1, -0.05) is 26.3 Å². The molecule has 0 aliphatic rings. The van der Waals surface area contributed by atoms with E-state index in [4.69, 9.17) is 0 Å². The zero-order chi connectivity index (χ0) is 10.4. The van der Waals surface area contributed by atoms with Gasteiger partial charge in [-0.2, -0.15) is 0 Å². The lowest BCUT2D eigenvalue weighted by Crippen LogP contribution is -1.91. The third kappa shape index (κ3) is 2.73. The zero-order valence-corrected chi connectivity index (χ0v) is 8.73. The van der Waals surface area contributed by atoms with Gasteiger partial charge in [0.25, 0.3) is 0 Å². The molecule has 1 heterocycles. The number of aromatic nitrogens is 4. The van der Waals surface area contributed by atoms with Crippen molar-refractivity contribution in [2.45, 2.75) is 27.2 Å². The van der Waals surface area contributed by atoms with Crippen LogP contribution in [0.25, 0.3) is 11.0 Å². The molecule has 0 amide bonds. The molecule has 0 aliphatic carbocycles. The Labute approximate surface area is 83.4 Å². The van der Waals surface area contributed by atoms with E-state index in [0.717, 1.165) is 16.6 Å². The number of benzene rings is 1. The molecule has 0 N–H and O–H groups in total. The predicted molar refractivity (Wildman–Crippen MR) is 55.8 cm³/mol. The van der Waals surface area contributed by atoms with Gasteiger partial charge < -0.3 is 0 Å². The quantitative estimate of drug-likeness (QED) is 0.638. The molecule has 2 aromatic rings. The van der Waals surface area contributed by atoms with Gasteiger partial charge in [-0.25, -0.2) is 0 Å². The van der Waals surface area contributed by atoms with Crippen molar-refractivity contribution in [2.75, 3.05) is 0 Å². The molecule has 0 spiro atoms. The van der Waals surface area contributed by atoms with E-state index in [1.807, 2.05) is 25.1 Å². The normalized spacial score (nSPS) is 9.36. The third-order valence-corrected chi connectivity index (χ3v) is 1.48. The number of rotatable bonds is 0. The van der Waals surface area contributed by atoms with Crippen molar-refractivity contribution in [1.82, 2.24) is 20.6 Å². The molecule has 0 saturated carbocycles. The minimum Gasteiger partial charge on any atom is -0.127 e. The Morgan fingerprint density at radius 1 is 1.00 bits per heavy atom. The molecule has 1 aromatic carbocycles. The van der Waals surface area contributed by atoms with E-state index in [0.29, 0.717) is 0 Å². The van der Waals surface area contributed by atoms with Crippen molar-refractivity contribution in [2.24, 2.45) is 0 Å². The smallest absolute Gasteiger partial charge is 0.115 e. The average molecular weight is 190 g/mol. The molecule has 0 fully saturated rings. The largest absolute Gasteiger partial charge is 0.127 e. The van der Waals surface area contributed by atoms with Crippen LogP contribution < -0.4 is 0 Å². The first kappa shape index (κ1) is 10.5. The second-order valence-electron chi connectivity index (χ2n) is 3.08. The molecule has 0 bridgehead atoms. The molecular weight excluding hydrogens is 176 g/mol. The summed E-state index contributed by atoms with van der Waals surface area (Å²) in [6.07, 6.45) is 1.25. The van der Waals surface area contributed by atoms with Crippen LogP contribution in [0, 0.1) is 6.92 Å². The van der Waals surface area contributed by atoms with Crippen molar-refractivity contribution in [3.63, 3.8) is 0 Å². The Morgan fingerprint density at radius 2 is 1.57 bits per heavy atom. The highest BCUT2D eigenvalue weighted by atomic mass is 15.4. The maximum Gasteiger partial charge on any atom is 0.115 e. The van der Waals surface area contributed by atoms with Crippen molar-refractivity contribution in [3.8, 4) is 0 Å². The summed E-state index contributed by atoms with van der Waals surface area (Å²) in [4.78, 5) is 0. The molecule has 0 saturated heterocycles. The van der Waals surface area contributed by atoms with Crippen molar-refractivity contribution in [3.05, 3.63) is 23.8 Å².